The molecule has 2 aromatic rings. The second-order valence-corrected chi connectivity index (χ2v) is 7.10. The maximum atomic E-state index is 12.7. The zero-order valence-electron chi connectivity index (χ0n) is 15.2. The fourth-order valence-electron chi connectivity index (χ4n) is 3.99. The molecule has 2 amide bonds. The smallest absolute Gasteiger partial charge is 0.320 e. The Morgan fingerprint density at radius 3 is 2.81 bits per heavy atom. The fourth-order valence-corrected chi connectivity index (χ4v) is 3.99. The average molecular weight is 352 g/mol. The van der Waals surface area contributed by atoms with Crippen molar-refractivity contribution in [2.45, 2.75) is 38.0 Å². The third kappa shape index (κ3) is 2.87. The molecule has 4 rings (SSSR count). The van der Waals surface area contributed by atoms with Gasteiger partial charge in [-0.3, -0.25) is 4.90 Å². The van der Waals surface area contributed by atoms with Crippen molar-refractivity contribution in [1.82, 2.24) is 10.2 Å². The van der Waals surface area contributed by atoms with E-state index < -0.39 is 5.72 Å². The summed E-state index contributed by atoms with van der Waals surface area (Å²) in [4.78, 5) is 14.5. The standard InChI is InChI=1S/C21H24N2O3/c1-21-14-17(16-11-6-12-18(25-2)19(16)26-21)22-20(24)23(21)13-7-10-15-8-4-3-5-9-15/h3-6,8-9,11-12,17H,7,10,13-14H2,1-2H3,(H,22,24). The number of nitrogens with one attached hydrogen (secondary N) is 1. The van der Waals surface area contributed by atoms with Crippen LogP contribution >= 0.6 is 0 Å². The van der Waals surface area contributed by atoms with Gasteiger partial charge in [-0.25, -0.2) is 4.79 Å². The van der Waals surface area contributed by atoms with Crippen LogP contribution in [-0.4, -0.2) is 30.3 Å². The van der Waals surface area contributed by atoms with Gasteiger partial charge in [-0.1, -0.05) is 42.5 Å². The molecule has 0 aliphatic carbocycles. The highest BCUT2D eigenvalue weighted by Gasteiger charge is 2.49. The van der Waals surface area contributed by atoms with Crippen molar-refractivity contribution < 1.29 is 14.3 Å². The highest BCUT2D eigenvalue weighted by atomic mass is 16.5. The number of hydrogen-bond acceptors (Lipinski definition) is 3. The van der Waals surface area contributed by atoms with Crippen molar-refractivity contribution in [2.75, 3.05) is 13.7 Å². The molecule has 2 aliphatic rings. The molecule has 26 heavy (non-hydrogen) atoms. The number of carbonyl (C=O) groups excluding carboxylic acids is 1. The average Bonchev–Trinajstić information content (AvgIpc) is 2.64. The molecule has 2 aliphatic heterocycles. The number of urea groups is 1. The number of hydrogen-bond donors (Lipinski definition) is 1. The van der Waals surface area contributed by atoms with Crippen LogP contribution in [0.25, 0.3) is 0 Å². The van der Waals surface area contributed by atoms with Crippen molar-refractivity contribution >= 4 is 6.03 Å². The summed E-state index contributed by atoms with van der Waals surface area (Å²) in [5, 5.41) is 3.13. The molecule has 2 aromatic carbocycles. The molecule has 5 nitrogen and oxygen atoms in total. The summed E-state index contributed by atoms with van der Waals surface area (Å²) in [5.74, 6) is 1.45. The van der Waals surface area contributed by atoms with Crippen molar-refractivity contribution in [3.05, 3.63) is 59.7 Å². The SMILES string of the molecule is COc1cccc2c1OC1(C)CC2NC(=O)N1CCCc1ccccc1. The van der Waals surface area contributed by atoms with Crippen LogP contribution in [0.5, 0.6) is 11.5 Å². The van der Waals surface area contributed by atoms with Gasteiger partial charge in [0.2, 0.25) is 0 Å². The molecule has 5 heteroatoms. The van der Waals surface area contributed by atoms with Crippen molar-refractivity contribution in [2.24, 2.45) is 0 Å². The predicted octanol–water partition coefficient (Wildman–Crippen LogP) is 3.89. The lowest BCUT2D eigenvalue weighted by molar-refractivity contribution is -0.0852. The van der Waals surface area contributed by atoms with Crippen molar-refractivity contribution in [3.8, 4) is 11.5 Å². The summed E-state index contributed by atoms with van der Waals surface area (Å²) in [6.07, 6.45) is 2.55. The van der Waals surface area contributed by atoms with E-state index in [9.17, 15) is 4.79 Å². The molecule has 0 spiro atoms. The van der Waals surface area contributed by atoms with E-state index in [0.29, 0.717) is 12.3 Å². The number of ether oxygens (including phenoxy) is 2. The molecule has 2 unspecified atom stereocenters. The molecule has 2 heterocycles. The first-order chi connectivity index (χ1) is 12.6. The number of carbonyl (C=O) groups is 1. The summed E-state index contributed by atoms with van der Waals surface area (Å²) in [7, 11) is 1.64. The number of rotatable bonds is 5. The van der Waals surface area contributed by atoms with E-state index >= 15 is 0 Å². The van der Waals surface area contributed by atoms with Gasteiger partial charge < -0.3 is 14.8 Å². The van der Waals surface area contributed by atoms with Gasteiger partial charge in [0.1, 0.15) is 0 Å². The monoisotopic (exact) mass is 352 g/mol. The fraction of sp³-hybridized carbons (Fsp3) is 0.381. The lowest BCUT2D eigenvalue weighted by Gasteiger charge is -2.51. The lowest BCUT2D eigenvalue weighted by Crippen LogP contribution is -2.64. The molecular weight excluding hydrogens is 328 g/mol. The van der Waals surface area contributed by atoms with E-state index in [1.165, 1.54) is 5.56 Å². The first-order valence-corrected chi connectivity index (χ1v) is 9.09. The van der Waals surface area contributed by atoms with Crippen molar-refractivity contribution in [1.29, 1.82) is 0 Å². The largest absolute Gasteiger partial charge is 0.493 e. The Kier molecular flexibility index (Phi) is 4.23. The zero-order chi connectivity index (χ0) is 18.1. The second kappa shape index (κ2) is 6.56. The van der Waals surface area contributed by atoms with Crippen LogP contribution in [0.4, 0.5) is 4.79 Å². The van der Waals surface area contributed by atoms with Gasteiger partial charge in [-0.15, -0.1) is 0 Å². The molecule has 2 atom stereocenters. The van der Waals surface area contributed by atoms with Gasteiger partial charge in [-0.2, -0.15) is 0 Å². The minimum atomic E-state index is -0.661. The maximum absolute atomic E-state index is 12.7. The molecule has 136 valence electrons. The zero-order valence-corrected chi connectivity index (χ0v) is 15.2. The van der Waals surface area contributed by atoms with Crippen LogP contribution in [-0.2, 0) is 6.42 Å². The molecule has 1 N–H and O–H groups in total. The molecular formula is C21H24N2O3. The highest BCUT2D eigenvalue weighted by Crippen LogP contribution is 2.47. The van der Waals surface area contributed by atoms with E-state index in [0.717, 1.165) is 30.6 Å². The van der Waals surface area contributed by atoms with E-state index in [1.54, 1.807) is 7.11 Å². The lowest BCUT2D eigenvalue weighted by atomic mass is 9.90. The second-order valence-electron chi connectivity index (χ2n) is 7.10. The number of benzene rings is 2. The third-order valence-corrected chi connectivity index (χ3v) is 5.31. The number of aryl methyl sites for hydroxylation is 1. The Balaban J connectivity index is 1.54. The van der Waals surface area contributed by atoms with Crippen molar-refractivity contribution in [3.63, 3.8) is 0 Å². The minimum Gasteiger partial charge on any atom is -0.493 e. The van der Waals surface area contributed by atoms with Crippen LogP contribution in [0.15, 0.2) is 48.5 Å². The normalized spacial score (nSPS) is 23.7. The van der Waals surface area contributed by atoms with Gasteiger partial charge in [0.05, 0.1) is 13.2 Å². The Labute approximate surface area is 153 Å². The summed E-state index contributed by atoms with van der Waals surface area (Å²) in [6, 6.07) is 16.1. The minimum absolute atomic E-state index is 0.0447. The van der Waals surface area contributed by atoms with E-state index in [-0.39, 0.29) is 12.1 Å². The van der Waals surface area contributed by atoms with E-state index in [4.69, 9.17) is 9.47 Å². The number of methoxy groups -OCH3 is 1. The number of nitrogens with zero attached hydrogens (tertiary/aromatic N) is 1. The highest BCUT2D eigenvalue weighted by molar-refractivity contribution is 5.77. The Morgan fingerprint density at radius 1 is 1.23 bits per heavy atom. The first kappa shape index (κ1) is 16.8. The van der Waals surface area contributed by atoms with Gasteiger partial charge in [0.25, 0.3) is 0 Å². The summed E-state index contributed by atoms with van der Waals surface area (Å²) >= 11 is 0. The quantitative estimate of drug-likeness (QED) is 0.888. The summed E-state index contributed by atoms with van der Waals surface area (Å²) in [5.41, 5.74) is 1.61. The Morgan fingerprint density at radius 2 is 2.04 bits per heavy atom. The number of fused-ring (bicyclic) bond motifs is 4. The van der Waals surface area contributed by atoms with E-state index in [2.05, 4.69) is 17.4 Å². The molecule has 1 fully saturated rings. The van der Waals surface area contributed by atoms with E-state index in [1.807, 2.05) is 48.2 Å². The van der Waals surface area contributed by atoms with Crippen LogP contribution in [0, 0.1) is 0 Å². The molecule has 0 radical (unpaired) electrons. The predicted molar refractivity (Wildman–Crippen MR) is 99.4 cm³/mol. The van der Waals surface area contributed by atoms with Crippen LogP contribution in [0.3, 0.4) is 0 Å². The topological polar surface area (TPSA) is 50.8 Å². The molecule has 1 saturated heterocycles. The van der Waals surface area contributed by atoms with Gasteiger partial charge in [-0.05, 0) is 31.4 Å². The number of amides is 2. The van der Waals surface area contributed by atoms with Crippen LogP contribution < -0.4 is 14.8 Å². The van der Waals surface area contributed by atoms with Gasteiger partial charge in [0, 0.05) is 18.5 Å². The Bertz CT molecular complexity index is 808. The van der Waals surface area contributed by atoms with Crippen LogP contribution in [0.2, 0.25) is 0 Å². The molecule has 2 bridgehead atoms. The molecule has 0 aromatic heterocycles. The van der Waals surface area contributed by atoms with Crippen LogP contribution in [0.1, 0.15) is 36.9 Å². The number of para-hydroxylation sites is 1. The first-order valence-electron chi connectivity index (χ1n) is 9.09. The third-order valence-electron chi connectivity index (χ3n) is 5.31. The maximum Gasteiger partial charge on any atom is 0.320 e. The summed E-state index contributed by atoms with van der Waals surface area (Å²) < 4.78 is 11.8. The summed E-state index contributed by atoms with van der Waals surface area (Å²) in [6.45, 7) is 2.64. The Hall–Kier alpha value is -2.69. The molecule has 0 saturated carbocycles. The van der Waals surface area contributed by atoms with Gasteiger partial charge in [0.15, 0.2) is 17.2 Å². The van der Waals surface area contributed by atoms with Gasteiger partial charge >= 0.3 is 6.03 Å².